The largest absolute Gasteiger partial charge is 0.374 e. The highest BCUT2D eigenvalue weighted by Gasteiger charge is 2.21. The van der Waals surface area contributed by atoms with E-state index in [9.17, 15) is 4.79 Å². The van der Waals surface area contributed by atoms with Gasteiger partial charge in [0.1, 0.15) is 12.1 Å². The molecule has 27 heavy (non-hydrogen) atoms. The molecule has 0 radical (unpaired) electrons. The van der Waals surface area contributed by atoms with Crippen molar-refractivity contribution in [2.45, 2.75) is 19.4 Å². The summed E-state index contributed by atoms with van der Waals surface area (Å²) in [6.07, 6.45) is 4.29. The zero-order valence-corrected chi connectivity index (χ0v) is 16.2. The van der Waals surface area contributed by atoms with Crippen LogP contribution in [-0.2, 0) is 11.8 Å². The maximum atomic E-state index is 11.8. The van der Waals surface area contributed by atoms with E-state index in [1.165, 1.54) is 10.2 Å². The summed E-state index contributed by atoms with van der Waals surface area (Å²) in [6.45, 7) is 4.97. The molecule has 9 heteroatoms. The van der Waals surface area contributed by atoms with Crippen molar-refractivity contribution in [3.63, 3.8) is 0 Å². The van der Waals surface area contributed by atoms with E-state index in [0.717, 1.165) is 47.8 Å². The van der Waals surface area contributed by atoms with Gasteiger partial charge < -0.3 is 15.0 Å². The number of hydrogen-bond donors (Lipinski definition) is 1. The number of rotatable bonds is 5. The highest BCUT2D eigenvalue weighted by Crippen LogP contribution is 2.28. The normalized spacial score (nSPS) is 17.4. The molecular weight excluding hydrogens is 364 g/mol. The van der Waals surface area contributed by atoms with Crippen molar-refractivity contribution in [1.29, 1.82) is 0 Å². The lowest BCUT2D eigenvalue weighted by atomic mass is 10.2. The number of ether oxygens (including phenoxy) is 1. The van der Waals surface area contributed by atoms with Crippen LogP contribution in [0.15, 0.2) is 28.8 Å². The molecule has 0 aromatic carbocycles. The van der Waals surface area contributed by atoms with Crippen molar-refractivity contribution < 1.29 is 4.74 Å². The highest BCUT2D eigenvalue weighted by atomic mass is 32.1. The molecule has 1 unspecified atom stereocenters. The maximum Gasteiger partial charge on any atom is 0.268 e. The Bertz CT molecular complexity index is 1000. The van der Waals surface area contributed by atoms with Gasteiger partial charge >= 0.3 is 0 Å². The number of morpholine rings is 1. The van der Waals surface area contributed by atoms with Crippen LogP contribution in [0.3, 0.4) is 0 Å². The molecule has 1 aliphatic heterocycles. The summed E-state index contributed by atoms with van der Waals surface area (Å²) in [5, 5.41) is 9.62. The van der Waals surface area contributed by atoms with E-state index in [1.54, 1.807) is 37.0 Å². The predicted octanol–water partition coefficient (Wildman–Crippen LogP) is 1.80. The van der Waals surface area contributed by atoms with Crippen LogP contribution in [0.2, 0.25) is 0 Å². The molecule has 3 aromatic heterocycles. The molecule has 0 saturated carbocycles. The van der Waals surface area contributed by atoms with E-state index in [1.807, 2.05) is 0 Å². The number of nitrogens with zero attached hydrogens (tertiary/aromatic N) is 5. The Labute approximate surface area is 160 Å². The molecule has 1 aliphatic rings. The van der Waals surface area contributed by atoms with Crippen molar-refractivity contribution in [1.82, 2.24) is 19.7 Å². The molecule has 4 rings (SSSR count). The molecule has 3 aromatic rings. The quantitative estimate of drug-likeness (QED) is 0.716. The average molecular weight is 386 g/mol. The molecule has 142 valence electrons. The van der Waals surface area contributed by atoms with Gasteiger partial charge in [0.15, 0.2) is 0 Å². The second-order valence-electron chi connectivity index (χ2n) is 6.65. The zero-order valence-electron chi connectivity index (χ0n) is 15.4. The fraction of sp³-hybridized carbons (Fsp3) is 0.444. The van der Waals surface area contributed by atoms with Crippen LogP contribution in [0.1, 0.15) is 12.0 Å². The smallest absolute Gasteiger partial charge is 0.268 e. The first-order valence-corrected chi connectivity index (χ1v) is 9.82. The Balaban J connectivity index is 1.37. The molecule has 4 heterocycles. The van der Waals surface area contributed by atoms with Gasteiger partial charge in [0.2, 0.25) is 0 Å². The van der Waals surface area contributed by atoms with Gasteiger partial charge in [0, 0.05) is 32.7 Å². The molecule has 1 N–H and O–H groups in total. The lowest BCUT2D eigenvalue weighted by molar-refractivity contribution is 0.0375. The summed E-state index contributed by atoms with van der Waals surface area (Å²) < 4.78 is 8.32. The molecule has 1 saturated heterocycles. The van der Waals surface area contributed by atoms with Crippen LogP contribution in [0, 0.1) is 6.92 Å². The predicted molar refractivity (Wildman–Crippen MR) is 107 cm³/mol. The summed E-state index contributed by atoms with van der Waals surface area (Å²) in [5.41, 5.74) is 2.94. The van der Waals surface area contributed by atoms with E-state index >= 15 is 0 Å². The molecular formula is C18H22N6O2S. The maximum absolute atomic E-state index is 11.8. The van der Waals surface area contributed by atoms with E-state index in [0.29, 0.717) is 6.61 Å². The van der Waals surface area contributed by atoms with Crippen LogP contribution >= 0.6 is 11.3 Å². The van der Waals surface area contributed by atoms with Gasteiger partial charge in [0.25, 0.3) is 5.56 Å². The van der Waals surface area contributed by atoms with E-state index in [2.05, 4.69) is 37.6 Å². The third-order valence-corrected chi connectivity index (χ3v) is 5.84. The van der Waals surface area contributed by atoms with Gasteiger partial charge in [-0.3, -0.25) is 4.79 Å². The van der Waals surface area contributed by atoms with Crippen LogP contribution in [0.25, 0.3) is 10.2 Å². The number of aryl methyl sites for hydroxylation is 2. The van der Waals surface area contributed by atoms with Crippen molar-refractivity contribution in [3.8, 4) is 0 Å². The van der Waals surface area contributed by atoms with Crippen molar-refractivity contribution in [2.24, 2.45) is 7.05 Å². The number of hydrogen-bond acceptors (Lipinski definition) is 8. The average Bonchev–Trinajstić information content (AvgIpc) is 3.06. The Kier molecular flexibility index (Phi) is 5.04. The number of fused-ring (bicyclic) bond motifs is 1. The molecule has 1 atom stereocenters. The van der Waals surface area contributed by atoms with Crippen LogP contribution in [0.4, 0.5) is 11.5 Å². The second kappa shape index (κ2) is 7.61. The standard InChI is InChI=1S/C18H22N6O2S/c1-12-10-27-17-16(12)20-11-21-18(17)19-4-3-14-9-24(5-6-26-14)13-7-15(25)23(2)22-8-13/h7-8,10-11,14H,3-6,9H2,1-2H3,(H,19,20,21). The minimum atomic E-state index is -0.101. The second-order valence-corrected chi connectivity index (χ2v) is 7.53. The van der Waals surface area contributed by atoms with Crippen LogP contribution in [-0.4, -0.2) is 52.1 Å². The van der Waals surface area contributed by atoms with Crippen molar-refractivity contribution in [2.75, 3.05) is 36.5 Å². The molecule has 0 spiro atoms. The lowest BCUT2D eigenvalue weighted by Crippen LogP contribution is -2.43. The molecule has 0 aliphatic carbocycles. The monoisotopic (exact) mass is 386 g/mol. The summed E-state index contributed by atoms with van der Waals surface area (Å²) in [6, 6.07) is 1.63. The third-order valence-electron chi connectivity index (χ3n) is 4.75. The summed E-state index contributed by atoms with van der Waals surface area (Å²) in [7, 11) is 1.65. The third kappa shape index (κ3) is 3.79. The van der Waals surface area contributed by atoms with Gasteiger partial charge in [-0.25, -0.2) is 14.6 Å². The Morgan fingerprint density at radius 1 is 1.41 bits per heavy atom. The summed E-state index contributed by atoms with van der Waals surface area (Å²) in [4.78, 5) is 22.7. The SMILES string of the molecule is Cc1csc2c(NCCC3CN(c4cnn(C)c(=O)c4)CCO3)ncnc12. The first-order valence-electron chi connectivity index (χ1n) is 8.94. The minimum Gasteiger partial charge on any atom is -0.374 e. The summed E-state index contributed by atoms with van der Waals surface area (Å²) >= 11 is 1.66. The van der Waals surface area contributed by atoms with E-state index in [-0.39, 0.29) is 11.7 Å². The lowest BCUT2D eigenvalue weighted by Gasteiger charge is -2.34. The van der Waals surface area contributed by atoms with Crippen molar-refractivity contribution in [3.05, 3.63) is 39.9 Å². The van der Waals surface area contributed by atoms with E-state index < -0.39 is 0 Å². The first-order chi connectivity index (χ1) is 13.1. The minimum absolute atomic E-state index is 0.0951. The molecule has 8 nitrogen and oxygen atoms in total. The Morgan fingerprint density at radius 3 is 3.15 bits per heavy atom. The van der Waals surface area contributed by atoms with Gasteiger partial charge in [-0.15, -0.1) is 11.3 Å². The zero-order chi connectivity index (χ0) is 18.8. The first kappa shape index (κ1) is 17.9. The highest BCUT2D eigenvalue weighted by molar-refractivity contribution is 7.18. The van der Waals surface area contributed by atoms with Crippen LogP contribution in [0.5, 0.6) is 0 Å². The number of aromatic nitrogens is 4. The fourth-order valence-corrected chi connectivity index (χ4v) is 4.18. The Morgan fingerprint density at radius 2 is 2.30 bits per heavy atom. The summed E-state index contributed by atoms with van der Waals surface area (Å²) in [5.74, 6) is 0.876. The topological polar surface area (TPSA) is 85.2 Å². The van der Waals surface area contributed by atoms with Crippen LogP contribution < -0.4 is 15.8 Å². The van der Waals surface area contributed by atoms with E-state index in [4.69, 9.17) is 4.74 Å². The molecule has 1 fully saturated rings. The number of thiophene rings is 1. The molecule has 0 bridgehead atoms. The Hall–Kier alpha value is -2.52. The molecule has 0 amide bonds. The van der Waals surface area contributed by atoms with Gasteiger partial charge in [-0.2, -0.15) is 5.10 Å². The van der Waals surface area contributed by atoms with Gasteiger partial charge in [0.05, 0.1) is 34.8 Å². The van der Waals surface area contributed by atoms with Gasteiger partial charge in [-0.05, 0) is 24.3 Å². The number of nitrogens with one attached hydrogen (secondary N) is 1. The fourth-order valence-electron chi connectivity index (χ4n) is 3.21. The number of anilines is 2. The van der Waals surface area contributed by atoms with Crippen molar-refractivity contribution >= 4 is 33.1 Å². The van der Waals surface area contributed by atoms with Gasteiger partial charge in [-0.1, -0.05) is 0 Å².